The van der Waals surface area contributed by atoms with Crippen LogP contribution >= 0.6 is 0 Å². The minimum absolute atomic E-state index is 0.0185. The average Bonchev–Trinajstić information content (AvgIpc) is 3.03. The first-order valence-corrected chi connectivity index (χ1v) is 7.33. The Labute approximate surface area is 136 Å². The van der Waals surface area contributed by atoms with Gasteiger partial charge in [0.2, 0.25) is 5.88 Å². The molecule has 1 atom stereocenters. The van der Waals surface area contributed by atoms with E-state index in [2.05, 4.69) is 9.97 Å². The van der Waals surface area contributed by atoms with Crippen LogP contribution in [0.15, 0.2) is 42.9 Å². The van der Waals surface area contributed by atoms with Crippen LogP contribution in [0.3, 0.4) is 0 Å². The van der Waals surface area contributed by atoms with Crippen LogP contribution in [0.1, 0.15) is 22.3 Å². The van der Waals surface area contributed by atoms with Gasteiger partial charge >= 0.3 is 6.18 Å². The van der Waals surface area contributed by atoms with E-state index in [1.165, 1.54) is 35.6 Å². The zero-order valence-corrected chi connectivity index (χ0v) is 12.5. The largest absolute Gasteiger partial charge is 0.471 e. The van der Waals surface area contributed by atoms with Crippen molar-refractivity contribution >= 4 is 5.91 Å². The van der Waals surface area contributed by atoms with E-state index in [9.17, 15) is 18.0 Å². The van der Waals surface area contributed by atoms with Crippen LogP contribution in [-0.4, -0.2) is 40.0 Å². The lowest BCUT2D eigenvalue weighted by atomic mass is 10.1. The van der Waals surface area contributed by atoms with Crippen molar-refractivity contribution in [2.24, 2.45) is 0 Å². The third-order valence-corrected chi connectivity index (χ3v) is 3.70. The first-order valence-electron chi connectivity index (χ1n) is 7.33. The summed E-state index contributed by atoms with van der Waals surface area (Å²) in [6, 6.07) is 4.44. The topological polar surface area (TPSA) is 55.3 Å². The third kappa shape index (κ3) is 3.64. The molecule has 0 saturated carbocycles. The molecule has 5 nitrogen and oxygen atoms in total. The summed E-state index contributed by atoms with van der Waals surface area (Å²) >= 11 is 0. The van der Waals surface area contributed by atoms with Gasteiger partial charge in [-0.1, -0.05) is 6.07 Å². The van der Waals surface area contributed by atoms with Gasteiger partial charge in [0.05, 0.1) is 18.3 Å². The number of ether oxygens (including phenoxy) is 1. The van der Waals surface area contributed by atoms with Crippen LogP contribution in [0.2, 0.25) is 0 Å². The number of hydrogen-bond acceptors (Lipinski definition) is 4. The van der Waals surface area contributed by atoms with Gasteiger partial charge in [-0.25, -0.2) is 4.98 Å². The Bertz CT molecular complexity index is 722. The Hall–Kier alpha value is -2.64. The zero-order valence-electron chi connectivity index (χ0n) is 12.5. The van der Waals surface area contributed by atoms with Crippen molar-refractivity contribution in [3.63, 3.8) is 0 Å². The summed E-state index contributed by atoms with van der Waals surface area (Å²) in [6.07, 6.45) is 0.342. The third-order valence-electron chi connectivity index (χ3n) is 3.70. The molecule has 1 aromatic carbocycles. The van der Waals surface area contributed by atoms with Crippen molar-refractivity contribution in [3.8, 4) is 5.88 Å². The molecule has 0 radical (unpaired) electrons. The maximum atomic E-state index is 12.8. The van der Waals surface area contributed by atoms with E-state index in [-0.39, 0.29) is 11.7 Å². The fraction of sp³-hybridized carbons (Fsp3) is 0.312. The number of amides is 1. The fourth-order valence-electron chi connectivity index (χ4n) is 2.54. The van der Waals surface area contributed by atoms with Gasteiger partial charge in [-0.3, -0.25) is 9.78 Å². The number of halogens is 3. The fourth-order valence-corrected chi connectivity index (χ4v) is 2.54. The Balaban J connectivity index is 1.66. The molecule has 0 N–H and O–H groups in total. The molecule has 1 saturated heterocycles. The van der Waals surface area contributed by atoms with E-state index < -0.39 is 17.6 Å². The number of hydrogen-bond donors (Lipinski definition) is 0. The molecule has 1 aromatic heterocycles. The smallest absolute Gasteiger partial charge is 0.416 e. The number of rotatable bonds is 3. The molecule has 126 valence electrons. The van der Waals surface area contributed by atoms with Crippen molar-refractivity contribution in [3.05, 3.63) is 54.0 Å². The van der Waals surface area contributed by atoms with E-state index >= 15 is 0 Å². The van der Waals surface area contributed by atoms with E-state index in [0.29, 0.717) is 25.4 Å². The molecular formula is C16H14F3N3O2. The Morgan fingerprint density at radius 1 is 1.29 bits per heavy atom. The Kier molecular flexibility index (Phi) is 4.37. The van der Waals surface area contributed by atoms with Gasteiger partial charge in [-0.05, 0) is 18.2 Å². The van der Waals surface area contributed by atoms with Crippen molar-refractivity contribution in [1.29, 1.82) is 0 Å². The predicted molar refractivity (Wildman–Crippen MR) is 78.4 cm³/mol. The normalized spacial score (nSPS) is 17.8. The van der Waals surface area contributed by atoms with Crippen molar-refractivity contribution in [2.75, 3.05) is 13.1 Å². The van der Waals surface area contributed by atoms with E-state index in [1.54, 1.807) is 0 Å². The quantitative estimate of drug-likeness (QED) is 0.864. The molecule has 0 spiro atoms. The maximum absolute atomic E-state index is 12.8. The number of alkyl halides is 3. The summed E-state index contributed by atoms with van der Waals surface area (Å²) in [5.41, 5.74) is -0.815. The second-order valence-electron chi connectivity index (χ2n) is 5.40. The summed E-state index contributed by atoms with van der Waals surface area (Å²) in [7, 11) is 0. The van der Waals surface area contributed by atoms with Gasteiger partial charge in [-0.15, -0.1) is 0 Å². The van der Waals surface area contributed by atoms with E-state index in [0.717, 1.165) is 12.1 Å². The average molecular weight is 337 g/mol. The number of carbonyl (C=O) groups excluding carboxylic acids is 1. The second-order valence-corrected chi connectivity index (χ2v) is 5.40. The number of aromatic nitrogens is 2. The van der Waals surface area contributed by atoms with Gasteiger partial charge in [0.1, 0.15) is 6.10 Å². The zero-order chi connectivity index (χ0) is 17.2. The number of carbonyl (C=O) groups is 1. The highest BCUT2D eigenvalue weighted by Gasteiger charge is 2.33. The Morgan fingerprint density at radius 2 is 2.12 bits per heavy atom. The number of benzene rings is 1. The van der Waals surface area contributed by atoms with Crippen LogP contribution in [0, 0.1) is 0 Å². The van der Waals surface area contributed by atoms with Crippen LogP contribution < -0.4 is 4.74 Å². The van der Waals surface area contributed by atoms with Crippen LogP contribution in [0.4, 0.5) is 13.2 Å². The van der Waals surface area contributed by atoms with Crippen molar-refractivity contribution in [2.45, 2.75) is 18.7 Å². The standard InChI is InChI=1S/C16H14F3N3O2/c17-16(18,19)12-3-1-2-11(8-12)15(23)22-7-4-13(10-22)24-14-9-20-5-6-21-14/h1-3,5-6,8-9,13H,4,7,10H2. The van der Waals surface area contributed by atoms with Crippen LogP contribution in [0.25, 0.3) is 0 Å². The summed E-state index contributed by atoms with van der Waals surface area (Å²) < 4.78 is 43.9. The highest BCUT2D eigenvalue weighted by atomic mass is 19.4. The molecule has 1 aliphatic rings. The van der Waals surface area contributed by atoms with E-state index in [1.807, 2.05) is 0 Å². The minimum atomic E-state index is -4.47. The summed E-state index contributed by atoms with van der Waals surface area (Å²) in [5, 5.41) is 0. The predicted octanol–water partition coefficient (Wildman–Crippen LogP) is 2.79. The summed E-state index contributed by atoms with van der Waals surface area (Å²) in [4.78, 5) is 21.8. The molecule has 2 heterocycles. The molecule has 1 amide bonds. The van der Waals surface area contributed by atoms with Gasteiger partial charge in [0, 0.05) is 30.9 Å². The van der Waals surface area contributed by atoms with Gasteiger partial charge in [0.15, 0.2) is 0 Å². The monoisotopic (exact) mass is 337 g/mol. The molecular weight excluding hydrogens is 323 g/mol. The number of likely N-dealkylation sites (tertiary alicyclic amines) is 1. The molecule has 1 unspecified atom stereocenters. The van der Waals surface area contributed by atoms with Gasteiger partial charge in [-0.2, -0.15) is 13.2 Å². The van der Waals surface area contributed by atoms with E-state index in [4.69, 9.17) is 4.74 Å². The van der Waals surface area contributed by atoms with Crippen LogP contribution in [-0.2, 0) is 6.18 Å². The summed E-state index contributed by atoms with van der Waals surface area (Å²) in [6.45, 7) is 0.714. The lowest BCUT2D eigenvalue weighted by Gasteiger charge is -2.17. The molecule has 24 heavy (non-hydrogen) atoms. The first kappa shape index (κ1) is 16.2. The van der Waals surface area contributed by atoms with Crippen molar-refractivity contribution < 1.29 is 22.7 Å². The molecule has 1 fully saturated rings. The summed E-state index contributed by atoms with van der Waals surface area (Å²) in [5.74, 6) is -0.0813. The minimum Gasteiger partial charge on any atom is -0.471 e. The number of nitrogens with zero attached hydrogens (tertiary/aromatic N) is 3. The molecule has 3 rings (SSSR count). The highest BCUT2D eigenvalue weighted by Crippen LogP contribution is 2.30. The Morgan fingerprint density at radius 3 is 2.83 bits per heavy atom. The molecule has 1 aliphatic heterocycles. The van der Waals surface area contributed by atoms with Crippen molar-refractivity contribution in [1.82, 2.24) is 14.9 Å². The molecule has 0 aliphatic carbocycles. The van der Waals surface area contributed by atoms with Crippen LogP contribution in [0.5, 0.6) is 5.88 Å². The molecule has 2 aromatic rings. The van der Waals surface area contributed by atoms with Gasteiger partial charge in [0.25, 0.3) is 5.91 Å². The second kappa shape index (κ2) is 6.46. The lowest BCUT2D eigenvalue weighted by Crippen LogP contribution is -2.31. The van der Waals surface area contributed by atoms with Gasteiger partial charge < -0.3 is 9.64 Å². The lowest BCUT2D eigenvalue weighted by molar-refractivity contribution is -0.137. The molecule has 0 bridgehead atoms. The maximum Gasteiger partial charge on any atom is 0.416 e. The highest BCUT2D eigenvalue weighted by molar-refractivity contribution is 5.94. The first-order chi connectivity index (χ1) is 11.4. The molecule has 8 heteroatoms. The SMILES string of the molecule is O=C(c1cccc(C(F)(F)F)c1)N1CCC(Oc2cnccn2)C1.